The lowest BCUT2D eigenvalue weighted by Gasteiger charge is -2.19. The van der Waals surface area contributed by atoms with Crippen molar-refractivity contribution in [3.05, 3.63) is 187 Å². The molecular formula is C61H39N. The summed E-state index contributed by atoms with van der Waals surface area (Å²) < 4.78 is 0. The Kier molecular flexibility index (Phi) is 6.57. The second-order valence-corrected chi connectivity index (χ2v) is 17.9. The molecular weight excluding hydrogens is 747 g/mol. The van der Waals surface area contributed by atoms with Crippen molar-refractivity contribution < 1.29 is 0 Å². The van der Waals surface area contributed by atoms with Crippen LogP contribution in [0.25, 0.3) is 142 Å². The van der Waals surface area contributed by atoms with Gasteiger partial charge in [-0.25, -0.2) is 0 Å². The molecule has 0 amide bonds. The van der Waals surface area contributed by atoms with Crippen LogP contribution in [0.15, 0.2) is 170 Å². The monoisotopic (exact) mass is 785 g/mol. The van der Waals surface area contributed by atoms with E-state index in [1.54, 1.807) is 0 Å². The van der Waals surface area contributed by atoms with Crippen LogP contribution >= 0.6 is 0 Å². The Morgan fingerprint density at radius 1 is 0.258 bits per heavy atom. The van der Waals surface area contributed by atoms with Crippen LogP contribution in [0.2, 0.25) is 0 Å². The van der Waals surface area contributed by atoms with Crippen molar-refractivity contribution in [2.75, 3.05) is 5.73 Å². The number of hydrogen-bond acceptors (Lipinski definition) is 1. The van der Waals surface area contributed by atoms with E-state index in [4.69, 9.17) is 5.73 Å². The molecule has 12 aromatic carbocycles. The number of benzene rings is 12. The largest absolute Gasteiger partial charge is 0.398 e. The summed E-state index contributed by atoms with van der Waals surface area (Å²) in [5.41, 5.74) is 26.8. The average Bonchev–Trinajstić information content (AvgIpc) is 3.82. The van der Waals surface area contributed by atoms with Crippen LogP contribution in [0.3, 0.4) is 0 Å². The third kappa shape index (κ3) is 4.32. The molecule has 288 valence electrons. The van der Waals surface area contributed by atoms with E-state index >= 15 is 0 Å². The van der Waals surface area contributed by atoms with Crippen LogP contribution in [0.5, 0.6) is 0 Å². The Balaban J connectivity index is 1.06. The topological polar surface area (TPSA) is 26.0 Å². The van der Waals surface area contributed by atoms with Gasteiger partial charge in [0, 0.05) is 16.6 Å². The van der Waals surface area contributed by atoms with Crippen molar-refractivity contribution in [3.63, 3.8) is 0 Å². The van der Waals surface area contributed by atoms with Crippen molar-refractivity contribution in [2.24, 2.45) is 0 Å². The summed E-state index contributed by atoms with van der Waals surface area (Å²) >= 11 is 0. The molecule has 2 N–H and O–H groups in total. The Bertz CT molecular complexity index is 3800. The van der Waals surface area contributed by atoms with Crippen molar-refractivity contribution in [1.82, 2.24) is 0 Å². The second-order valence-electron chi connectivity index (χ2n) is 17.9. The van der Waals surface area contributed by atoms with E-state index in [1.165, 1.54) is 153 Å². The fraction of sp³-hybridized carbons (Fsp3) is 0.0492. The van der Waals surface area contributed by atoms with E-state index in [0.717, 1.165) is 11.3 Å². The van der Waals surface area contributed by atoms with Gasteiger partial charge < -0.3 is 5.73 Å². The molecule has 1 heteroatoms. The minimum Gasteiger partial charge on any atom is -0.398 e. The lowest BCUT2D eigenvalue weighted by molar-refractivity contribution is 1.51. The molecule has 0 heterocycles. The van der Waals surface area contributed by atoms with Crippen LogP contribution in [0, 0.1) is 20.8 Å². The Labute approximate surface area is 359 Å². The third-order valence-corrected chi connectivity index (χ3v) is 14.5. The molecule has 12 aromatic rings. The van der Waals surface area contributed by atoms with Gasteiger partial charge >= 0.3 is 0 Å². The van der Waals surface area contributed by atoms with Crippen LogP contribution < -0.4 is 5.73 Å². The number of hydrogen-bond donors (Lipinski definition) is 1. The number of rotatable bonds is 2. The standard InChI is InChI=1S/C61H39N/c1-32-18-21-41-47(26-32)49(28-53-45-23-20-34(3)58-43-12-6-4-10-39(43)55(59(45)58)30-51(41)53)37-16-8-15-36-35(37)14-9-17-38(36)50-29-54-46-24-25-57(62)61-44-13-7-5-11-40(44)56(60(46)61)31-52(54)42-22-19-33(2)27-48(42)50/h4-31H,62H2,1-3H3. The molecule has 0 bridgehead atoms. The highest BCUT2D eigenvalue weighted by atomic mass is 14.6. The first-order chi connectivity index (χ1) is 30.4. The first-order valence-electron chi connectivity index (χ1n) is 21.8. The highest BCUT2D eigenvalue weighted by Gasteiger charge is 2.28. The zero-order valence-corrected chi connectivity index (χ0v) is 34.7. The van der Waals surface area contributed by atoms with E-state index in [9.17, 15) is 0 Å². The van der Waals surface area contributed by atoms with E-state index in [1.807, 2.05) is 0 Å². The van der Waals surface area contributed by atoms with Crippen LogP contribution in [0.4, 0.5) is 5.69 Å². The number of nitrogen functional groups attached to an aromatic ring is 1. The smallest absolute Gasteiger partial charge is 0.0400 e. The van der Waals surface area contributed by atoms with Gasteiger partial charge in [-0.2, -0.15) is 0 Å². The average molecular weight is 786 g/mol. The number of anilines is 1. The van der Waals surface area contributed by atoms with Gasteiger partial charge in [-0.3, -0.25) is 0 Å². The lowest BCUT2D eigenvalue weighted by atomic mass is 9.84. The maximum atomic E-state index is 6.78. The lowest BCUT2D eigenvalue weighted by Crippen LogP contribution is -1.92. The predicted molar refractivity (Wildman–Crippen MR) is 267 cm³/mol. The fourth-order valence-corrected chi connectivity index (χ4v) is 11.8. The van der Waals surface area contributed by atoms with E-state index in [0.29, 0.717) is 0 Å². The molecule has 1 nitrogen and oxygen atoms in total. The fourth-order valence-electron chi connectivity index (χ4n) is 11.8. The molecule has 0 atom stereocenters. The van der Waals surface area contributed by atoms with Gasteiger partial charge in [0.2, 0.25) is 0 Å². The molecule has 0 fully saturated rings. The maximum absolute atomic E-state index is 6.78. The minimum absolute atomic E-state index is 0.833. The van der Waals surface area contributed by atoms with Gasteiger partial charge in [-0.05, 0) is 188 Å². The molecule has 0 unspecified atom stereocenters. The molecule has 0 spiro atoms. The van der Waals surface area contributed by atoms with E-state index in [-0.39, 0.29) is 0 Å². The molecule has 0 aromatic heterocycles. The molecule has 0 saturated carbocycles. The van der Waals surface area contributed by atoms with Crippen molar-refractivity contribution in [2.45, 2.75) is 20.8 Å². The first kappa shape index (κ1) is 34.0. The summed E-state index contributed by atoms with van der Waals surface area (Å²) in [5.74, 6) is 0. The van der Waals surface area contributed by atoms with Gasteiger partial charge in [0.25, 0.3) is 0 Å². The van der Waals surface area contributed by atoms with Crippen molar-refractivity contribution >= 4 is 81.1 Å². The molecule has 62 heavy (non-hydrogen) atoms. The molecule has 2 aliphatic rings. The molecule has 14 rings (SSSR count). The second kappa shape index (κ2) is 12.0. The summed E-state index contributed by atoms with van der Waals surface area (Å²) in [7, 11) is 0. The minimum atomic E-state index is 0.833. The van der Waals surface area contributed by atoms with Crippen molar-refractivity contribution in [1.29, 1.82) is 0 Å². The Hall–Kier alpha value is -7.74. The van der Waals surface area contributed by atoms with E-state index < -0.39 is 0 Å². The Morgan fingerprint density at radius 3 is 1.23 bits per heavy atom. The van der Waals surface area contributed by atoms with Crippen LogP contribution in [-0.2, 0) is 0 Å². The SMILES string of the molecule is Cc1ccc2c(c1)c(-c1cccc3c(-c4cc5c6ccc(N)c7c6c(cc5c5ccc(C)cc45)-c4ccccc4-7)cccc13)cc1c3ccc(C)c4c3c(cc21)-c1ccccc1-4. The first-order valence-corrected chi connectivity index (χ1v) is 21.8. The zero-order chi connectivity index (χ0) is 41.1. The Morgan fingerprint density at radius 2 is 0.677 bits per heavy atom. The van der Waals surface area contributed by atoms with Crippen LogP contribution in [0.1, 0.15) is 16.7 Å². The highest BCUT2D eigenvalue weighted by Crippen LogP contribution is 2.55. The molecule has 0 saturated heterocycles. The van der Waals surface area contributed by atoms with Gasteiger partial charge in [-0.1, -0.05) is 151 Å². The predicted octanol–water partition coefficient (Wildman–Crippen LogP) is 16.9. The summed E-state index contributed by atoms with van der Waals surface area (Å²) in [5, 5.41) is 18.0. The summed E-state index contributed by atoms with van der Waals surface area (Å²) in [6, 6.07) is 64.5. The van der Waals surface area contributed by atoms with Gasteiger partial charge in [0.15, 0.2) is 0 Å². The molecule has 0 radical (unpaired) electrons. The number of fused-ring (bicyclic) bond motifs is 15. The van der Waals surface area contributed by atoms with Gasteiger partial charge in [0.1, 0.15) is 0 Å². The maximum Gasteiger partial charge on any atom is 0.0400 e. The highest BCUT2D eigenvalue weighted by molar-refractivity contribution is 6.32. The molecule has 0 aliphatic heterocycles. The summed E-state index contributed by atoms with van der Waals surface area (Å²) in [6.07, 6.45) is 0. The van der Waals surface area contributed by atoms with Gasteiger partial charge in [0.05, 0.1) is 0 Å². The summed E-state index contributed by atoms with van der Waals surface area (Å²) in [4.78, 5) is 0. The summed E-state index contributed by atoms with van der Waals surface area (Å²) in [6.45, 7) is 6.69. The quantitative estimate of drug-likeness (QED) is 0.137. The number of nitrogens with two attached hydrogens (primary N) is 1. The number of aryl methyl sites for hydroxylation is 3. The van der Waals surface area contributed by atoms with Crippen molar-refractivity contribution in [3.8, 4) is 66.8 Å². The normalized spacial score (nSPS) is 12.5. The molecule has 2 aliphatic carbocycles. The zero-order valence-electron chi connectivity index (χ0n) is 34.7. The van der Waals surface area contributed by atoms with E-state index in [2.05, 4.69) is 191 Å². The van der Waals surface area contributed by atoms with Crippen LogP contribution in [-0.4, -0.2) is 0 Å². The third-order valence-electron chi connectivity index (χ3n) is 14.5. The van der Waals surface area contributed by atoms with Gasteiger partial charge in [-0.15, -0.1) is 0 Å².